The van der Waals surface area contributed by atoms with Crippen molar-refractivity contribution in [1.82, 2.24) is 9.88 Å². The normalized spacial score (nSPS) is 12.1. The summed E-state index contributed by atoms with van der Waals surface area (Å²) >= 11 is 0. The minimum absolute atomic E-state index is 0.00831. The smallest absolute Gasteiger partial charge is 0.209 e. The number of hydrogen-bond acceptors (Lipinski definition) is 5. The molecule has 21 heavy (non-hydrogen) atoms. The Balaban J connectivity index is 2.02. The van der Waals surface area contributed by atoms with Crippen LogP contribution < -0.4 is 4.74 Å². The molecule has 0 amide bonds. The lowest BCUT2D eigenvalue weighted by Crippen LogP contribution is -2.23. The molecule has 0 aliphatic rings. The summed E-state index contributed by atoms with van der Waals surface area (Å²) in [6, 6.07) is 9.86. The summed E-state index contributed by atoms with van der Waals surface area (Å²) in [6.07, 6.45) is 1.72. The number of nitriles is 1. The van der Waals surface area contributed by atoms with E-state index in [2.05, 4.69) is 11.1 Å². The summed E-state index contributed by atoms with van der Waals surface area (Å²) in [5.74, 6) is 2.18. The van der Waals surface area contributed by atoms with Gasteiger partial charge in [-0.05, 0) is 38.2 Å². The van der Waals surface area contributed by atoms with Crippen LogP contribution in [0.5, 0.6) is 5.75 Å². The molecule has 0 radical (unpaired) electrons. The van der Waals surface area contributed by atoms with Crippen molar-refractivity contribution in [3.05, 3.63) is 36.4 Å². The van der Waals surface area contributed by atoms with Crippen molar-refractivity contribution in [2.24, 2.45) is 5.92 Å². The third kappa shape index (κ3) is 4.07. The number of rotatable bonds is 6. The van der Waals surface area contributed by atoms with Gasteiger partial charge in [0.1, 0.15) is 5.75 Å². The fourth-order valence-electron chi connectivity index (χ4n) is 2.08. The summed E-state index contributed by atoms with van der Waals surface area (Å²) in [5.41, 5.74) is 0.961. The molecule has 0 N–H and O–H groups in total. The zero-order valence-electron chi connectivity index (χ0n) is 12.5. The third-order valence-corrected chi connectivity index (χ3v) is 3.14. The fraction of sp³-hybridized carbons (Fsp3) is 0.375. The highest BCUT2D eigenvalue weighted by atomic mass is 16.5. The number of methoxy groups -OCH3 is 1. The van der Waals surface area contributed by atoms with Crippen LogP contribution in [0.15, 0.2) is 34.9 Å². The second kappa shape index (κ2) is 6.91. The van der Waals surface area contributed by atoms with Crippen molar-refractivity contribution < 1.29 is 9.15 Å². The van der Waals surface area contributed by atoms with Gasteiger partial charge in [0.25, 0.3) is 0 Å². The highest BCUT2D eigenvalue weighted by molar-refractivity contribution is 5.57. The Morgan fingerprint density at radius 2 is 2.10 bits per heavy atom. The Bertz CT molecular complexity index is 613. The van der Waals surface area contributed by atoms with Crippen molar-refractivity contribution in [3.8, 4) is 23.1 Å². The van der Waals surface area contributed by atoms with E-state index in [-0.39, 0.29) is 5.92 Å². The SMILES string of the molecule is COc1ccc(-c2cnc(CN(C)C[C@@H](C)C#N)o2)cc1. The average molecular weight is 285 g/mol. The molecule has 0 spiro atoms. The Morgan fingerprint density at radius 1 is 1.38 bits per heavy atom. The summed E-state index contributed by atoms with van der Waals surface area (Å²) < 4.78 is 10.9. The molecule has 2 aromatic rings. The van der Waals surface area contributed by atoms with Gasteiger partial charge in [0.15, 0.2) is 5.76 Å². The number of nitrogens with zero attached hydrogens (tertiary/aromatic N) is 3. The second-order valence-corrected chi connectivity index (χ2v) is 5.07. The molecule has 0 saturated carbocycles. The summed E-state index contributed by atoms with van der Waals surface area (Å²) in [6.45, 7) is 3.17. The standard InChI is InChI=1S/C16H19N3O2/c1-12(8-17)10-19(2)11-16-18-9-15(21-16)13-4-6-14(20-3)7-5-13/h4-7,9,12H,10-11H2,1-3H3/t12-/m0/s1. The summed E-state index contributed by atoms with van der Waals surface area (Å²) in [4.78, 5) is 6.31. The zero-order chi connectivity index (χ0) is 15.2. The van der Waals surface area contributed by atoms with E-state index in [9.17, 15) is 0 Å². The highest BCUT2D eigenvalue weighted by Crippen LogP contribution is 2.23. The van der Waals surface area contributed by atoms with Gasteiger partial charge in [0.2, 0.25) is 5.89 Å². The summed E-state index contributed by atoms with van der Waals surface area (Å²) in [5, 5.41) is 8.82. The molecule has 0 unspecified atom stereocenters. The molecule has 2 rings (SSSR count). The van der Waals surface area contributed by atoms with E-state index in [4.69, 9.17) is 14.4 Å². The maximum atomic E-state index is 8.82. The molecule has 0 bridgehead atoms. The van der Waals surface area contributed by atoms with E-state index < -0.39 is 0 Å². The fourth-order valence-corrected chi connectivity index (χ4v) is 2.08. The first-order chi connectivity index (χ1) is 10.1. The van der Waals surface area contributed by atoms with Crippen LogP contribution in [-0.2, 0) is 6.54 Å². The Labute approximate surface area is 124 Å². The Hall–Kier alpha value is -2.32. The molecule has 0 fully saturated rings. The van der Waals surface area contributed by atoms with Gasteiger partial charge in [-0.3, -0.25) is 4.90 Å². The largest absolute Gasteiger partial charge is 0.497 e. The van der Waals surface area contributed by atoms with E-state index in [1.165, 1.54) is 0 Å². The number of hydrogen-bond donors (Lipinski definition) is 0. The second-order valence-electron chi connectivity index (χ2n) is 5.07. The van der Waals surface area contributed by atoms with Crippen LogP contribution in [0.3, 0.4) is 0 Å². The predicted octanol–water partition coefficient (Wildman–Crippen LogP) is 2.94. The van der Waals surface area contributed by atoms with Gasteiger partial charge in [0.05, 0.1) is 31.8 Å². The van der Waals surface area contributed by atoms with Crippen LogP contribution in [0.1, 0.15) is 12.8 Å². The van der Waals surface area contributed by atoms with E-state index in [1.54, 1.807) is 13.3 Å². The van der Waals surface area contributed by atoms with Crippen LogP contribution >= 0.6 is 0 Å². The molecule has 110 valence electrons. The molecule has 1 aromatic heterocycles. The van der Waals surface area contributed by atoms with Crippen molar-refractivity contribution in [1.29, 1.82) is 5.26 Å². The molecule has 1 atom stereocenters. The number of oxazole rings is 1. The van der Waals surface area contributed by atoms with Crippen LogP contribution in [-0.4, -0.2) is 30.6 Å². The number of benzene rings is 1. The minimum atomic E-state index is -0.00831. The van der Waals surface area contributed by atoms with Crippen molar-refractivity contribution in [3.63, 3.8) is 0 Å². The molecule has 1 aromatic carbocycles. The van der Waals surface area contributed by atoms with Gasteiger partial charge in [-0.1, -0.05) is 0 Å². The van der Waals surface area contributed by atoms with Crippen molar-refractivity contribution >= 4 is 0 Å². The van der Waals surface area contributed by atoms with Crippen molar-refractivity contribution in [2.75, 3.05) is 20.7 Å². The molecule has 5 heteroatoms. The Kier molecular flexibility index (Phi) is 4.96. The first kappa shape index (κ1) is 15.1. The van der Waals surface area contributed by atoms with Gasteiger partial charge >= 0.3 is 0 Å². The lowest BCUT2D eigenvalue weighted by Gasteiger charge is -2.15. The topological polar surface area (TPSA) is 62.3 Å². The van der Waals surface area contributed by atoms with Crippen LogP contribution in [0, 0.1) is 17.2 Å². The first-order valence-electron chi connectivity index (χ1n) is 6.79. The van der Waals surface area contributed by atoms with E-state index in [0.29, 0.717) is 19.0 Å². The lowest BCUT2D eigenvalue weighted by atomic mass is 10.2. The monoisotopic (exact) mass is 285 g/mol. The molecule has 0 aliphatic carbocycles. The molecule has 5 nitrogen and oxygen atoms in total. The van der Waals surface area contributed by atoms with Gasteiger partial charge in [-0.25, -0.2) is 4.98 Å². The molecule has 1 heterocycles. The van der Waals surface area contributed by atoms with Crippen LogP contribution in [0.4, 0.5) is 0 Å². The van der Waals surface area contributed by atoms with Crippen LogP contribution in [0.2, 0.25) is 0 Å². The molecule has 0 aliphatic heterocycles. The quantitative estimate of drug-likeness (QED) is 0.816. The van der Waals surface area contributed by atoms with Gasteiger partial charge in [-0.2, -0.15) is 5.26 Å². The predicted molar refractivity (Wildman–Crippen MR) is 79.6 cm³/mol. The third-order valence-electron chi connectivity index (χ3n) is 3.14. The lowest BCUT2D eigenvalue weighted by molar-refractivity contribution is 0.272. The highest BCUT2D eigenvalue weighted by Gasteiger charge is 2.11. The Morgan fingerprint density at radius 3 is 2.71 bits per heavy atom. The molecular formula is C16H19N3O2. The minimum Gasteiger partial charge on any atom is -0.497 e. The maximum absolute atomic E-state index is 8.82. The van der Waals surface area contributed by atoms with E-state index in [1.807, 2.05) is 43.1 Å². The van der Waals surface area contributed by atoms with Gasteiger partial charge in [0, 0.05) is 12.1 Å². The van der Waals surface area contributed by atoms with Gasteiger partial charge in [-0.15, -0.1) is 0 Å². The summed E-state index contributed by atoms with van der Waals surface area (Å²) in [7, 11) is 3.59. The number of ether oxygens (including phenoxy) is 1. The van der Waals surface area contributed by atoms with Gasteiger partial charge < -0.3 is 9.15 Å². The zero-order valence-corrected chi connectivity index (χ0v) is 12.5. The molecular weight excluding hydrogens is 266 g/mol. The first-order valence-corrected chi connectivity index (χ1v) is 6.79. The van der Waals surface area contributed by atoms with E-state index >= 15 is 0 Å². The number of aromatic nitrogens is 1. The van der Waals surface area contributed by atoms with E-state index in [0.717, 1.165) is 17.1 Å². The van der Waals surface area contributed by atoms with Crippen molar-refractivity contribution in [2.45, 2.75) is 13.5 Å². The molecule has 0 saturated heterocycles. The maximum Gasteiger partial charge on any atom is 0.209 e. The van der Waals surface area contributed by atoms with Crippen LogP contribution in [0.25, 0.3) is 11.3 Å². The average Bonchev–Trinajstić information content (AvgIpc) is 2.95.